The summed E-state index contributed by atoms with van der Waals surface area (Å²) in [6.45, 7) is 2.18. The van der Waals surface area contributed by atoms with Gasteiger partial charge in [-0.1, -0.05) is 19.4 Å². The van der Waals surface area contributed by atoms with Gasteiger partial charge in [-0.2, -0.15) is 5.26 Å². The Hall–Kier alpha value is -1.69. The van der Waals surface area contributed by atoms with Gasteiger partial charge in [0.05, 0.1) is 25.7 Å². The molecule has 0 N–H and O–H groups in total. The van der Waals surface area contributed by atoms with Gasteiger partial charge in [-0.3, -0.25) is 0 Å². The number of ether oxygens (including phenoxy) is 2. The quantitative estimate of drug-likeness (QED) is 0.817. The lowest BCUT2D eigenvalue weighted by molar-refractivity contribution is 0.191. The predicted molar refractivity (Wildman–Crippen MR) is 69.9 cm³/mol. The molecule has 3 heteroatoms. The van der Waals surface area contributed by atoms with Crippen molar-refractivity contribution in [3.63, 3.8) is 0 Å². The Labute approximate surface area is 108 Å². The molecule has 0 amide bonds. The molecule has 0 spiro atoms. The minimum Gasteiger partial charge on any atom is -0.493 e. The first kappa shape index (κ1) is 12.8. The van der Waals surface area contributed by atoms with Crippen LogP contribution in [0.15, 0.2) is 18.2 Å². The van der Waals surface area contributed by atoms with E-state index in [1.54, 1.807) is 14.2 Å². The number of benzene rings is 1. The third-order valence-corrected chi connectivity index (χ3v) is 4.00. The lowest BCUT2D eigenvalue weighted by Gasteiger charge is -2.42. The largest absolute Gasteiger partial charge is 0.493 e. The minimum absolute atomic E-state index is 0.319. The molecule has 2 rings (SSSR count). The summed E-state index contributed by atoms with van der Waals surface area (Å²) in [5.74, 6) is 2.09. The van der Waals surface area contributed by atoms with E-state index < -0.39 is 0 Å². The van der Waals surface area contributed by atoms with Gasteiger partial charge in [0, 0.05) is 0 Å². The molecule has 1 aromatic rings. The van der Waals surface area contributed by atoms with E-state index in [0.29, 0.717) is 17.4 Å². The second kappa shape index (κ2) is 4.89. The smallest absolute Gasteiger partial charge is 0.161 e. The van der Waals surface area contributed by atoms with Crippen LogP contribution in [0.25, 0.3) is 0 Å². The molecular formula is C15H19NO2. The van der Waals surface area contributed by atoms with Crippen molar-refractivity contribution >= 4 is 0 Å². The molecule has 0 atom stereocenters. The van der Waals surface area contributed by atoms with Gasteiger partial charge in [0.25, 0.3) is 0 Å². The van der Waals surface area contributed by atoms with Crippen LogP contribution in [-0.2, 0) is 5.41 Å². The van der Waals surface area contributed by atoms with Gasteiger partial charge in [0.1, 0.15) is 0 Å². The Kier molecular flexibility index (Phi) is 3.47. The van der Waals surface area contributed by atoms with Gasteiger partial charge in [-0.05, 0) is 36.5 Å². The zero-order valence-electron chi connectivity index (χ0n) is 11.2. The standard InChI is InChI=1S/C15H19NO2/c1-4-11-8-15(9-11,10-16)12-5-6-13(17-2)14(7-12)18-3/h5-7,11H,4,8-9H2,1-3H3. The topological polar surface area (TPSA) is 42.2 Å². The van der Waals surface area contributed by atoms with Gasteiger partial charge in [0.2, 0.25) is 0 Å². The SMILES string of the molecule is CCC1CC(C#N)(c2ccc(OC)c(OC)c2)C1. The molecule has 3 nitrogen and oxygen atoms in total. The van der Waals surface area contributed by atoms with Gasteiger partial charge in [-0.25, -0.2) is 0 Å². The van der Waals surface area contributed by atoms with Crippen LogP contribution < -0.4 is 9.47 Å². The Morgan fingerprint density at radius 2 is 1.94 bits per heavy atom. The first-order valence-electron chi connectivity index (χ1n) is 6.33. The van der Waals surface area contributed by atoms with Crippen molar-refractivity contribution in [2.24, 2.45) is 5.92 Å². The maximum Gasteiger partial charge on any atom is 0.161 e. The van der Waals surface area contributed by atoms with Crippen molar-refractivity contribution < 1.29 is 9.47 Å². The fourth-order valence-electron chi connectivity index (χ4n) is 2.74. The Bertz CT molecular complexity index is 470. The molecule has 0 bridgehead atoms. The van der Waals surface area contributed by atoms with Crippen LogP contribution in [0.4, 0.5) is 0 Å². The summed E-state index contributed by atoms with van der Waals surface area (Å²) in [5, 5.41) is 9.47. The monoisotopic (exact) mass is 245 g/mol. The second-order valence-corrected chi connectivity index (χ2v) is 4.95. The molecule has 1 aromatic carbocycles. The van der Waals surface area contributed by atoms with Crippen molar-refractivity contribution in [2.75, 3.05) is 14.2 Å². The fraction of sp³-hybridized carbons (Fsp3) is 0.533. The summed E-state index contributed by atoms with van der Waals surface area (Å²) in [7, 11) is 3.24. The van der Waals surface area contributed by atoms with E-state index in [1.807, 2.05) is 18.2 Å². The molecular weight excluding hydrogens is 226 g/mol. The highest BCUT2D eigenvalue weighted by Crippen LogP contribution is 2.49. The summed E-state index contributed by atoms with van der Waals surface area (Å²) in [6, 6.07) is 8.29. The molecule has 1 aliphatic rings. The molecule has 0 heterocycles. The van der Waals surface area contributed by atoms with E-state index >= 15 is 0 Å². The highest BCUT2D eigenvalue weighted by atomic mass is 16.5. The molecule has 0 unspecified atom stereocenters. The van der Waals surface area contributed by atoms with Gasteiger partial charge >= 0.3 is 0 Å². The maximum atomic E-state index is 9.47. The van der Waals surface area contributed by atoms with Crippen LogP contribution in [0.5, 0.6) is 11.5 Å². The van der Waals surface area contributed by atoms with Gasteiger partial charge in [-0.15, -0.1) is 0 Å². The average molecular weight is 245 g/mol. The van der Waals surface area contributed by atoms with Crippen LogP contribution in [0.3, 0.4) is 0 Å². The fourth-order valence-corrected chi connectivity index (χ4v) is 2.74. The Morgan fingerprint density at radius 3 is 2.44 bits per heavy atom. The van der Waals surface area contributed by atoms with Crippen LogP contribution in [0.2, 0.25) is 0 Å². The van der Waals surface area contributed by atoms with Crippen LogP contribution in [0.1, 0.15) is 31.7 Å². The Balaban J connectivity index is 2.31. The van der Waals surface area contributed by atoms with E-state index in [2.05, 4.69) is 13.0 Å². The van der Waals surface area contributed by atoms with Gasteiger partial charge in [0.15, 0.2) is 11.5 Å². The van der Waals surface area contributed by atoms with E-state index in [-0.39, 0.29) is 5.41 Å². The van der Waals surface area contributed by atoms with Gasteiger partial charge < -0.3 is 9.47 Å². The lowest BCUT2D eigenvalue weighted by Crippen LogP contribution is -2.39. The van der Waals surface area contributed by atoms with Crippen molar-refractivity contribution in [1.29, 1.82) is 5.26 Å². The van der Waals surface area contributed by atoms with E-state index in [9.17, 15) is 5.26 Å². The zero-order chi connectivity index (χ0) is 13.2. The number of rotatable bonds is 4. The number of nitrogens with zero attached hydrogens (tertiary/aromatic N) is 1. The number of nitriles is 1. The van der Waals surface area contributed by atoms with E-state index in [0.717, 1.165) is 24.8 Å². The van der Waals surface area contributed by atoms with Crippen molar-refractivity contribution in [3.05, 3.63) is 23.8 Å². The summed E-state index contributed by atoms with van der Waals surface area (Å²) >= 11 is 0. The third-order valence-electron chi connectivity index (χ3n) is 4.00. The first-order valence-corrected chi connectivity index (χ1v) is 6.33. The number of methoxy groups -OCH3 is 2. The molecule has 0 radical (unpaired) electrons. The van der Waals surface area contributed by atoms with Crippen LogP contribution in [-0.4, -0.2) is 14.2 Å². The zero-order valence-corrected chi connectivity index (χ0v) is 11.2. The van der Waals surface area contributed by atoms with Crippen LogP contribution >= 0.6 is 0 Å². The molecule has 0 aliphatic heterocycles. The number of hydrogen-bond donors (Lipinski definition) is 0. The molecule has 1 fully saturated rings. The van der Waals surface area contributed by atoms with Crippen molar-refractivity contribution in [2.45, 2.75) is 31.6 Å². The Morgan fingerprint density at radius 1 is 1.28 bits per heavy atom. The summed E-state index contributed by atoms with van der Waals surface area (Å²) in [6.07, 6.45) is 3.06. The normalized spacial score (nSPS) is 26.0. The first-order chi connectivity index (χ1) is 8.69. The van der Waals surface area contributed by atoms with Crippen LogP contribution in [0, 0.1) is 17.2 Å². The molecule has 1 saturated carbocycles. The molecule has 96 valence electrons. The highest BCUT2D eigenvalue weighted by molar-refractivity contribution is 5.48. The highest BCUT2D eigenvalue weighted by Gasteiger charge is 2.45. The molecule has 0 aromatic heterocycles. The minimum atomic E-state index is -0.319. The van der Waals surface area contributed by atoms with E-state index in [1.165, 1.54) is 0 Å². The average Bonchev–Trinajstić information content (AvgIpc) is 2.38. The van der Waals surface area contributed by atoms with Crippen molar-refractivity contribution in [1.82, 2.24) is 0 Å². The molecule has 18 heavy (non-hydrogen) atoms. The number of hydrogen-bond acceptors (Lipinski definition) is 3. The third kappa shape index (κ3) is 1.92. The second-order valence-electron chi connectivity index (χ2n) is 4.95. The summed E-state index contributed by atoms with van der Waals surface area (Å²) < 4.78 is 10.5. The maximum absolute atomic E-state index is 9.47. The predicted octanol–water partition coefficient (Wildman–Crippen LogP) is 3.29. The summed E-state index contributed by atoms with van der Waals surface area (Å²) in [4.78, 5) is 0. The molecule has 0 saturated heterocycles. The lowest BCUT2D eigenvalue weighted by atomic mass is 9.59. The van der Waals surface area contributed by atoms with E-state index in [4.69, 9.17) is 9.47 Å². The summed E-state index contributed by atoms with van der Waals surface area (Å²) in [5.41, 5.74) is 0.729. The van der Waals surface area contributed by atoms with Crippen molar-refractivity contribution in [3.8, 4) is 17.6 Å². The molecule has 1 aliphatic carbocycles.